The van der Waals surface area contributed by atoms with E-state index in [0.717, 1.165) is 38.9 Å². The lowest BCUT2D eigenvalue weighted by atomic mass is 9.97. The van der Waals surface area contributed by atoms with Gasteiger partial charge in [-0.1, -0.05) is 25.0 Å². The van der Waals surface area contributed by atoms with Gasteiger partial charge in [-0.25, -0.2) is 0 Å². The fraction of sp³-hybridized carbons (Fsp3) is 0.812. The van der Waals surface area contributed by atoms with Crippen molar-refractivity contribution >= 4 is 5.97 Å². The molecule has 2 rings (SSSR count). The van der Waals surface area contributed by atoms with E-state index in [1.807, 2.05) is 6.08 Å². The number of hydrogen-bond donors (Lipinski definition) is 0. The van der Waals surface area contributed by atoms with Crippen LogP contribution in [-0.4, -0.2) is 39.0 Å². The topological polar surface area (TPSA) is 44.8 Å². The van der Waals surface area contributed by atoms with E-state index in [1.165, 1.54) is 12.8 Å². The van der Waals surface area contributed by atoms with Crippen LogP contribution in [0.3, 0.4) is 0 Å². The van der Waals surface area contributed by atoms with Crippen LogP contribution in [0.15, 0.2) is 12.2 Å². The fourth-order valence-electron chi connectivity index (χ4n) is 2.63. The van der Waals surface area contributed by atoms with Gasteiger partial charge in [0.05, 0.1) is 25.7 Å². The van der Waals surface area contributed by atoms with Crippen LogP contribution in [0.2, 0.25) is 0 Å². The van der Waals surface area contributed by atoms with Gasteiger partial charge in [-0.15, -0.1) is 0 Å². The molecule has 0 bridgehead atoms. The molecule has 4 nitrogen and oxygen atoms in total. The lowest BCUT2D eigenvalue weighted by Gasteiger charge is -2.15. The summed E-state index contributed by atoms with van der Waals surface area (Å²) in [5, 5.41) is 0. The number of carbonyl (C=O) groups is 1. The molecule has 4 heteroatoms. The van der Waals surface area contributed by atoms with Crippen molar-refractivity contribution in [2.75, 3.05) is 33.0 Å². The van der Waals surface area contributed by atoms with Gasteiger partial charge in [0.25, 0.3) is 0 Å². The molecule has 0 aromatic carbocycles. The Bertz CT molecular complexity index is 308. The second-order valence-corrected chi connectivity index (χ2v) is 5.64. The van der Waals surface area contributed by atoms with Crippen LogP contribution < -0.4 is 0 Å². The first-order valence-electron chi connectivity index (χ1n) is 7.85. The molecule has 2 atom stereocenters. The Kier molecular flexibility index (Phi) is 7.09. The first-order chi connectivity index (χ1) is 9.86. The zero-order chi connectivity index (χ0) is 14.0. The first-order valence-corrected chi connectivity index (χ1v) is 7.85. The summed E-state index contributed by atoms with van der Waals surface area (Å²) in [5.41, 5.74) is 0. The second-order valence-electron chi connectivity index (χ2n) is 5.64. The molecule has 1 aliphatic carbocycles. The van der Waals surface area contributed by atoms with Crippen molar-refractivity contribution in [1.29, 1.82) is 0 Å². The highest BCUT2D eigenvalue weighted by atomic mass is 16.6. The van der Waals surface area contributed by atoms with Crippen molar-refractivity contribution in [1.82, 2.24) is 0 Å². The summed E-state index contributed by atoms with van der Waals surface area (Å²) >= 11 is 0. The highest BCUT2D eigenvalue weighted by Crippen LogP contribution is 2.18. The van der Waals surface area contributed by atoms with Gasteiger partial charge in [0.15, 0.2) is 0 Å². The van der Waals surface area contributed by atoms with E-state index in [0.29, 0.717) is 25.7 Å². The summed E-state index contributed by atoms with van der Waals surface area (Å²) in [7, 11) is 0. The van der Waals surface area contributed by atoms with E-state index >= 15 is 0 Å². The maximum Gasteiger partial charge on any atom is 0.312 e. The van der Waals surface area contributed by atoms with E-state index in [1.54, 1.807) is 0 Å². The van der Waals surface area contributed by atoms with E-state index in [4.69, 9.17) is 14.2 Å². The Morgan fingerprint density at radius 2 is 2.15 bits per heavy atom. The standard InChI is InChI=1S/C16H26O4/c17-16(15-6-4-2-1-3-5-7-15)20-11-10-19-13-14-8-9-18-12-14/h4,6,14-15H,1-3,5,7-13H2/b6-4-. The third-order valence-electron chi connectivity index (χ3n) is 3.91. The number of allylic oxidation sites excluding steroid dienone is 1. The Morgan fingerprint density at radius 3 is 3.00 bits per heavy atom. The predicted molar refractivity (Wildman–Crippen MR) is 76.4 cm³/mol. The lowest BCUT2D eigenvalue weighted by molar-refractivity contribution is -0.148. The maximum absolute atomic E-state index is 11.9. The molecule has 0 aromatic rings. The Balaban J connectivity index is 1.55. The van der Waals surface area contributed by atoms with Gasteiger partial charge in [-0.2, -0.15) is 0 Å². The van der Waals surface area contributed by atoms with Gasteiger partial charge in [0, 0.05) is 12.5 Å². The predicted octanol–water partition coefficient (Wildman–Crippen LogP) is 2.72. The Labute approximate surface area is 121 Å². The molecular weight excluding hydrogens is 256 g/mol. The van der Waals surface area contributed by atoms with Gasteiger partial charge in [0.1, 0.15) is 6.61 Å². The quantitative estimate of drug-likeness (QED) is 0.427. The van der Waals surface area contributed by atoms with Gasteiger partial charge in [-0.3, -0.25) is 4.79 Å². The van der Waals surface area contributed by atoms with Crippen molar-refractivity contribution in [3.05, 3.63) is 12.2 Å². The van der Waals surface area contributed by atoms with E-state index in [-0.39, 0.29) is 11.9 Å². The van der Waals surface area contributed by atoms with Crippen molar-refractivity contribution in [2.24, 2.45) is 11.8 Å². The van der Waals surface area contributed by atoms with Crippen LogP contribution in [0.5, 0.6) is 0 Å². The number of ether oxygens (including phenoxy) is 3. The fourth-order valence-corrected chi connectivity index (χ4v) is 2.63. The molecule has 114 valence electrons. The molecule has 0 saturated carbocycles. The van der Waals surface area contributed by atoms with E-state index in [9.17, 15) is 4.79 Å². The minimum atomic E-state index is -0.101. The third kappa shape index (κ3) is 5.63. The largest absolute Gasteiger partial charge is 0.463 e. The van der Waals surface area contributed by atoms with Crippen molar-refractivity contribution < 1.29 is 19.0 Å². The molecule has 1 saturated heterocycles. The third-order valence-corrected chi connectivity index (χ3v) is 3.91. The molecule has 2 aliphatic rings. The lowest BCUT2D eigenvalue weighted by Crippen LogP contribution is -2.20. The zero-order valence-electron chi connectivity index (χ0n) is 12.2. The molecular formula is C16H26O4. The van der Waals surface area contributed by atoms with Crippen molar-refractivity contribution in [3.63, 3.8) is 0 Å². The summed E-state index contributed by atoms with van der Waals surface area (Å²) in [6.07, 6.45) is 10.7. The first kappa shape index (κ1) is 15.5. The summed E-state index contributed by atoms with van der Waals surface area (Å²) < 4.78 is 16.1. The molecule has 0 aromatic heterocycles. The van der Waals surface area contributed by atoms with Crippen LogP contribution in [0.25, 0.3) is 0 Å². The highest BCUT2D eigenvalue weighted by Gasteiger charge is 2.18. The van der Waals surface area contributed by atoms with Crippen LogP contribution >= 0.6 is 0 Å². The smallest absolute Gasteiger partial charge is 0.312 e. The SMILES string of the molecule is O=C(OCCOCC1CCOC1)C1/C=C\CCCCC1. The maximum atomic E-state index is 11.9. The van der Waals surface area contributed by atoms with Gasteiger partial charge < -0.3 is 14.2 Å². The zero-order valence-corrected chi connectivity index (χ0v) is 12.2. The molecule has 20 heavy (non-hydrogen) atoms. The second kappa shape index (κ2) is 9.14. The van der Waals surface area contributed by atoms with Crippen molar-refractivity contribution in [2.45, 2.75) is 38.5 Å². The average molecular weight is 282 g/mol. The number of esters is 1. The minimum Gasteiger partial charge on any atom is -0.463 e. The monoisotopic (exact) mass is 282 g/mol. The van der Waals surface area contributed by atoms with Crippen LogP contribution in [0, 0.1) is 11.8 Å². The van der Waals surface area contributed by atoms with Crippen LogP contribution in [0.1, 0.15) is 38.5 Å². The summed E-state index contributed by atoms with van der Waals surface area (Å²) in [6.45, 7) is 3.19. The molecule has 0 N–H and O–H groups in total. The number of carbonyl (C=O) groups excluding carboxylic acids is 1. The molecule has 0 radical (unpaired) electrons. The summed E-state index contributed by atoms with van der Waals surface area (Å²) in [4.78, 5) is 11.9. The molecule has 1 heterocycles. The van der Waals surface area contributed by atoms with E-state index in [2.05, 4.69) is 6.08 Å². The highest BCUT2D eigenvalue weighted by molar-refractivity contribution is 5.74. The van der Waals surface area contributed by atoms with Crippen LogP contribution in [0.4, 0.5) is 0 Å². The summed E-state index contributed by atoms with van der Waals surface area (Å²) in [6, 6.07) is 0. The summed E-state index contributed by atoms with van der Waals surface area (Å²) in [5.74, 6) is 0.355. The molecule has 2 unspecified atom stereocenters. The Hall–Kier alpha value is -0.870. The van der Waals surface area contributed by atoms with Crippen molar-refractivity contribution in [3.8, 4) is 0 Å². The Morgan fingerprint density at radius 1 is 1.20 bits per heavy atom. The van der Waals surface area contributed by atoms with Gasteiger partial charge in [-0.05, 0) is 25.7 Å². The molecule has 0 spiro atoms. The average Bonchev–Trinajstić information content (AvgIpc) is 2.91. The normalized spacial score (nSPS) is 28.6. The van der Waals surface area contributed by atoms with Gasteiger partial charge >= 0.3 is 5.97 Å². The molecule has 1 fully saturated rings. The minimum absolute atomic E-state index is 0.0569. The van der Waals surface area contributed by atoms with Crippen LogP contribution in [-0.2, 0) is 19.0 Å². The van der Waals surface area contributed by atoms with Gasteiger partial charge in [0.2, 0.25) is 0 Å². The molecule has 0 amide bonds. The number of hydrogen-bond acceptors (Lipinski definition) is 4. The molecule has 1 aliphatic heterocycles. The number of rotatable bonds is 6. The van der Waals surface area contributed by atoms with E-state index < -0.39 is 0 Å².